The Morgan fingerprint density at radius 3 is 2.73 bits per heavy atom. The highest BCUT2D eigenvalue weighted by atomic mass is 32.1. The van der Waals surface area contributed by atoms with E-state index in [1.807, 2.05) is 19.1 Å². The number of pyridine rings is 1. The van der Waals surface area contributed by atoms with Crippen LogP contribution in [0.1, 0.15) is 18.2 Å². The van der Waals surface area contributed by atoms with Crippen LogP contribution < -0.4 is 21.1 Å². The maximum Gasteiger partial charge on any atom is 0.341 e. The van der Waals surface area contributed by atoms with Gasteiger partial charge in [-0.25, -0.2) is 14.8 Å². The summed E-state index contributed by atoms with van der Waals surface area (Å²) >= 11 is 5.19. The second-order valence-electron chi connectivity index (χ2n) is 6.70. The molecule has 3 aromatic rings. The number of hydrogen-bond donors (Lipinski definition) is 4. The average Bonchev–Trinajstić information content (AvgIpc) is 2.81. The van der Waals surface area contributed by atoms with Gasteiger partial charge >= 0.3 is 5.97 Å². The highest BCUT2D eigenvalue weighted by molar-refractivity contribution is 7.80. The third kappa shape index (κ3) is 6.94. The van der Waals surface area contributed by atoms with Crippen LogP contribution in [0.15, 0.2) is 53.8 Å². The predicted octanol–water partition coefficient (Wildman–Crippen LogP) is 2.37. The summed E-state index contributed by atoms with van der Waals surface area (Å²) < 4.78 is 5.12. The molecule has 0 amide bonds. The van der Waals surface area contributed by atoms with Gasteiger partial charge in [0.2, 0.25) is 0 Å². The molecule has 3 rings (SSSR count). The van der Waals surface area contributed by atoms with Crippen LogP contribution in [0.2, 0.25) is 0 Å². The summed E-state index contributed by atoms with van der Waals surface area (Å²) in [7, 11) is 0. The highest BCUT2D eigenvalue weighted by Gasteiger charge is 2.07. The summed E-state index contributed by atoms with van der Waals surface area (Å²) in [6.45, 7) is 2.67. The molecule has 0 aliphatic carbocycles. The fraction of sp³-hybridized carbons (Fsp3) is 0.182. The zero-order chi connectivity index (χ0) is 23.6. The fourth-order valence-corrected chi connectivity index (χ4v) is 2.96. The molecule has 5 N–H and O–H groups in total. The Kier molecular flexibility index (Phi) is 8.19. The Bertz CT molecular complexity index is 1200. The van der Waals surface area contributed by atoms with Crippen LogP contribution in [0, 0.1) is 0 Å². The summed E-state index contributed by atoms with van der Waals surface area (Å²) in [5, 5.41) is 15.1. The van der Waals surface area contributed by atoms with E-state index in [1.165, 1.54) is 6.20 Å². The zero-order valence-corrected chi connectivity index (χ0v) is 18.7. The van der Waals surface area contributed by atoms with E-state index in [-0.39, 0.29) is 6.61 Å². The summed E-state index contributed by atoms with van der Waals surface area (Å²) in [6, 6.07) is 10.6. The van der Waals surface area contributed by atoms with Gasteiger partial charge in [-0.05, 0) is 49.0 Å². The third-order valence-corrected chi connectivity index (χ3v) is 4.50. The lowest BCUT2D eigenvalue weighted by atomic mass is 10.2. The number of aliphatic imine (C=N–C) groups is 1. The zero-order valence-electron chi connectivity index (χ0n) is 17.9. The van der Waals surface area contributed by atoms with Crippen LogP contribution in [-0.2, 0) is 11.3 Å². The van der Waals surface area contributed by atoms with Crippen molar-refractivity contribution in [2.75, 3.05) is 18.5 Å². The minimum absolute atomic E-state index is 0.385. The Morgan fingerprint density at radius 1 is 1.24 bits per heavy atom. The molecule has 0 bridgehead atoms. The number of rotatable bonds is 9. The molecule has 0 spiro atoms. The van der Waals surface area contributed by atoms with Crippen molar-refractivity contribution in [2.45, 2.75) is 13.5 Å². The predicted molar refractivity (Wildman–Crippen MR) is 131 cm³/mol. The minimum Gasteiger partial charge on any atom is -0.482 e. The van der Waals surface area contributed by atoms with Crippen molar-refractivity contribution >= 4 is 52.1 Å². The molecule has 0 radical (unpaired) electrons. The maximum absolute atomic E-state index is 10.6. The number of allylic oxidation sites excluding steroid dienone is 1. The quantitative estimate of drug-likeness (QED) is 0.274. The SMILES string of the molecule is CCNC(=S)Nc1ccc2ncc(C(C=NCc3ccc(OCC(=O)O)cc3)=CN)nc2n1. The van der Waals surface area contributed by atoms with Gasteiger partial charge in [-0.15, -0.1) is 0 Å². The van der Waals surface area contributed by atoms with Crippen LogP contribution in [0.3, 0.4) is 0 Å². The number of carboxylic acids is 1. The van der Waals surface area contributed by atoms with E-state index in [2.05, 4.69) is 30.6 Å². The number of nitrogens with one attached hydrogen (secondary N) is 2. The number of fused-ring (bicyclic) bond motifs is 1. The Balaban J connectivity index is 1.69. The van der Waals surface area contributed by atoms with E-state index < -0.39 is 5.97 Å². The van der Waals surface area contributed by atoms with Crippen LogP contribution in [-0.4, -0.2) is 50.5 Å². The molecule has 0 fully saturated rings. The Morgan fingerprint density at radius 2 is 2.03 bits per heavy atom. The van der Waals surface area contributed by atoms with Crippen LogP contribution in [0.5, 0.6) is 5.75 Å². The molecule has 170 valence electrons. The number of benzene rings is 1. The average molecular weight is 466 g/mol. The van der Waals surface area contributed by atoms with E-state index in [0.29, 0.717) is 52.2 Å². The minimum atomic E-state index is -1.03. The summed E-state index contributed by atoms with van der Waals surface area (Å²) in [5.74, 6) is 0.00977. The first-order valence-electron chi connectivity index (χ1n) is 10.0. The van der Waals surface area contributed by atoms with E-state index in [9.17, 15) is 4.79 Å². The number of ether oxygens (including phenoxy) is 1. The summed E-state index contributed by atoms with van der Waals surface area (Å²) in [6.07, 6.45) is 4.64. The van der Waals surface area contributed by atoms with Gasteiger partial charge in [0, 0.05) is 24.5 Å². The number of thiocarbonyl (C=S) groups is 1. The van der Waals surface area contributed by atoms with Gasteiger partial charge in [0.1, 0.15) is 17.1 Å². The molecule has 33 heavy (non-hydrogen) atoms. The highest BCUT2D eigenvalue weighted by Crippen LogP contribution is 2.16. The molecule has 2 aromatic heterocycles. The molecule has 0 aliphatic rings. The summed E-state index contributed by atoms with van der Waals surface area (Å²) in [4.78, 5) is 28.4. The van der Waals surface area contributed by atoms with Gasteiger partial charge < -0.3 is 26.2 Å². The van der Waals surface area contributed by atoms with E-state index in [1.54, 1.807) is 36.7 Å². The van der Waals surface area contributed by atoms with E-state index in [0.717, 1.165) is 5.56 Å². The maximum atomic E-state index is 10.6. The van der Waals surface area contributed by atoms with E-state index in [4.69, 9.17) is 27.8 Å². The number of nitrogens with two attached hydrogens (primary N) is 1. The largest absolute Gasteiger partial charge is 0.482 e. The molecule has 0 atom stereocenters. The smallest absolute Gasteiger partial charge is 0.341 e. The van der Waals surface area contributed by atoms with Crippen molar-refractivity contribution in [1.29, 1.82) is 0 Å². The second-order valence-corrected chi connectivity index (χ2v) is 7.11. The van der Waals surface area contributed by atoms with Gasteiger partial charge in [0.15, 0.2) is 17.4 Å². The second kappa shape index (κ2) is 11.5. The van der Waals surface area contributed by atoms with Crippen LogP contribution in [0.25, 0.3) is 16.7 Å². The molecule has 11 heteroatoms. The number of carboxylic acid groups (broad SMARTS) is 1. The number of hydrogen-bond acceptors (Lipinski definition) is 8. The molecule has 0 saturated carbocycles. The van der Waals surface area contributed by atoms with E-state index >= 15 is 0 Å². The molecule has 10 nitrogen and oxygen atoms in total. The number of anilines is 1. The molecule has 0 unspecified atom stereocenters. The number of carbonyl (C=O) groups is 1. The van der Waals surface area contributed by atoms with Crippen molar-refractivity contribution in [3.8, 4) is 5.75 Å². The molecule has 2 heterocycles. The first-order valence-corrected chi connectivity index (χ1v) is 10.4. The number of aromatic nitrogens is 3. The lowest BCUT2D eigenvalue weighted by molar-refractivity contribution is -0.139. The van der Waals surface area contributed by atoms with Gasteiger partial charge in [-0.1, -0.05) is 12.1 Å². The van der Waals surface area contributed by atoms with Crippen LogP contribution >= 0.6 is 12.2 Å². The first kappa shape index (κ1) is 23.5. The number of aliphatic carboxylic acids is 1. The van der Waals surface area contributed by atoms with Gasteiger partial charge in [-0.3, -0.25) is 9.98 Å². The first-order chi connectivity index (χ1) is 16.0. The van der Waals surface area contributed by atoms with Crippen molar-refractivity contribution in [3.63, 3.8) is 0 Å². The normalized spacial score (nSPS) is 11.5. The molecular weight excluding hydrogens is 442 g/mol. The number of nitrogens with zero attached hydrogens (tertiary/aromatic N) is 4. The molecule has 0 aliphatic heterocycles. The van der Waals surface area contributed by atoms with Crippen molar-refractivity contribution in [3.05, 3.63) is 60.1 Å². The molecular formula is C22H23N7O3S. The van der Waals surface area contributed by atoms with Crippen LogP contribution in [0.4, 0.5) is 5.82 Å². The fourth-order valence-electron chi connectivity index (χ4n) is 2.71. The molecule has 0 saturated heterocycles. The standard InChI is InChI=1S/C22H23N7O3S/c1-2-25-22(33)29-19-8-7-17-21(28-19)27-18(12-26-17)15(9-23)11-24-10-14-3-5-16(6-4-14)32-13-20(30)31/h3-9,11-12H,2,10,13,23H2,1H3,(H,30,31)(H2,25,27,28,29,33). The molecule has 1 aromatic carbocycles. The Labute approximate surface area is 195 Å². The lowest BCUT2D eigenvalue weighted by Crippen LogP contribution is -2.28. The topological polar surface area (TPSA) is 148 Å². The van der Waals surface area contributed by atoms with Crippen molar-refractivity contribution < 1.29 is 14.6 Å². The van der Waals surface area contributed by atoms with Gasteiger partial charge in [-0.2, -0.15) is 0 Å². The monoisotopic (exact) mass is 465 g/mol. The Hall–Kier alpha value is -4.12. The van der Waals surface area contributed by atoms with Gasteiger partial charge in [0.25, 0.3) is 0 Å². The third-order valence-electron chi connectivity index (χ3n) is 4.25. The van der Waals surface area contributed by atoms with Crippen molar-refractivity contribution in [1.82, 2.24) is 20.3 Å². The van der Waals surface area contributed by atoms with Gasteiger partial charge in [0.05, 0.1) is 18.4 Å². The lowest BCUT2D eigenvalue weighted by Gasteiger charge is -2.08. The van der Waals surface area contributed by atoms with Crippen molar-refractivity contribution in [2.24, 2.45) is 10.7 Å². The summed E-state index contributed by atoms with van der Waals surface area (Å²) in [5.41, 5.74) is 8.92.